The van der Waals surface area contributed by atoms with Gasteiger partial charge in [-0.2, -0.15) is 0 Å². The second-order valence-corrected chi connectivity index (χ2v) is 8.98. The number of piperidine rings is 1. The lowest BCUT2D eigenvalue weighted by Crippen LogP contribution is -2.47. The minimum absolute atomic E-state index is 0.0106. The quantitative estimate of drug-likeness (QED) is 0.679. The first kappa shape index (κ1) is 20.3. The predicted molar refractivity (Wildman–Crippen MR) is 115 cm³/mol. The second kappa shape index (κ2) is 8.49. The molecule has 0 bridgehead atoms. The molecule has 4 heterocycles. The number of aromatic nitrogens is 1. The number of hydrogen-bond donors (Lipinski definition) is 0. The van der Waals surface area contributed by atoms with Gasteiger partial charge in [0.15, 0.2) is 0 Å². The van der Waals surface area contributed by atoms with E-state index in [2.05, 4.69) is 19.9 Å². The molecule has 3 fully saturated rings. The van der Waals surface area contributed by atoms with Crippen molar-refractivity contribution in [2.24, 2.45) is 5.41 Å². The fraction of sp³-hybridized carbons (Fsp3) is 0.565. The summed E-state index contributed by atoms with van der Waals surface area (Å²) in [4.78, 5) is 19.7. The van der Waals surface area contributed by atoms with Gasteiger partial charge in [0.2, 0.25) is 0 Å². The molecule has 3 aliphatic heterocycles. The number of piperazine rings is 1. The Hall–Kier alpha value is -2.61. The Bertz CT molecular complexity index is 873. The van der Waals surface area contributed by atoms with E-state index < -0.39 is 0 Å². The van der Waals surface area contributed by atoms with Crippen molar-refractivity contribution >= 4 is 17.3 Å². The van der Waals surface area contributed by atoms with Crippen molar-refractivity contribution in [2.75, 3.05) is 55.6 Å². The van der Waals surface area contributed by atoms with E-state index in [0.29, 0.717) is 0 Å². The van der Waals surface area contributed by atoms with Gasteiger partial charge in [0, 0.05) is 57.9 Å². The van der Waals surface area contributed by atoms with Gasteiger partial charge in [-0.3, -0.25) is 9.69 Å². The minimum atomic E-state index is -0.320. The number of nitrogens with zero attached hydrogens (tertiary/aromatic N) is 4. The Kier molecular flexibility index (Phi) is 5.56. The van der Waals surface area contributed by atoms with E-state index >= 15 is 0 Å². The average Bonchev–Trinajstić information content (AvgIpc) is 3.43. The van der Waals surface area contributed by atoms with Gasteiger partial charge in [0.05, 0.1) is 17.3 Å². The van der Waals surface area contributed by atoms with Crippen LogP contribution in [0, 0.1) is 11.2 Å². The van der Waals surface area contributed by atoms with Crippen LogP contribution in [0.4, 0.5) is 15.8 Å². The van der Waals surface area contributed by atoms with Crippen LogP contribution in [-0.2, 0) is 9.53 Å². The smallest absolute Gasteiger partial charge is 0.312 e. The molecule has 1 aromatic carbocycles. The summed E-state index contributed by atoms with van der Waals surface area (Å²) < 4.78 is 23.9. The van der Waals surface area contributed by atoms with Gasteiger partial charge in [0.25, 0.3) is 0 Å². The van der Waals surface area contributed by atoms with E-state index in [0.717, 1.165) is 82.9 Å². The molecule has 3 saturated heterocycles. The first-order valence-corrected chi connectivity index (χ1v) is 11.2. The normalized spacial score (nSPS) is 24.0. The molecule has 0 radical (unpaired) electrons. The van der Waals surface area contributed by atoms with Gasteiger partial charge >= 0.3 is 5.97 Å². The molecule has 5 rings (SSSR count). The second-order valence-electron chi connectivity index (χ2n) is 8.98. The Balaban J connectivity index is 1.08. The van der Waals surface area contributed by atoms with Crippen molar-refractivity contribution in [1.29, 1.82) is 0 Å². The predicted octanol–water partition coefficient (Wildman–Crippen LogP) is 2.93. The van der Waals surface area contributed by atoms with Crippen molar-refractivity contribution in [3.8, 4) is 0 Å². The van der Waals surface area contributed by atoms with E-state index in [1.165, 1.54) is 12.1 Å². The number of benzene rings is 1. The van der Waals surface area contributed by atoms with Gasteiger partial charge in [-0.25, -0.2) is 4.39 Å². The molecule has 166 valence electrons. The Morgan fingerprint density at radius 2 is 1.71 bits per heavy atom. The molecule has 2 aromatic rings. The number of anilines is 2. The van der Waals surface area contributed by atoms with Gasteiger partial charge < -0.3 is 19.1 Å². The highest BCUT2D eigenvalue weighted by atomic mass is 19.1. The molecule has 0 saturated carbocycles. The number of esters is 1. The monoisotopic (exact) mass is 428 g/mol. The number of hydrogen-bond acceptors (Lipinski definition) is 7. The maximum atomic E-state index is 13.1. The summed E-state index contributed by atoms with van der Waals surface area (Å²) in [5, 5.41) is 3.78. The first-order valence-electron chi connectivity index (χ1n) is 11.2. The lowest BCUT2D eigenvalue weighted by molar-refractivity contribution is -0.149. The minimum Gasteiger partial charge on any atom is -0.462 e. The zero-order chi connectivity index (χ0) is 21.3. The van der Waals surface area contributed by atoms with Crippen LogP contribution in [-0.4, -0.2) is 67.9 Å². The van der Waals surface area contributed by atoms with Crippen LogP contribution < -0.4 is 9.80 Å². The fourth-order valence-corrected chi connectivity index (χ4v) is 5.16. The third kappa shape index (κ3) is 4.26. The summed E-state index contributed by atoms with van der Waals surface area (Å²) in [5.41, 5.74) is 1.74. The zero-order valence-corrected chi connectivity index (χ0v) is 17.7. The summed E-state index contributed by atoms with van der Waals surface area (Å²) in [6.45, 7) is 6.39. The van der Waals surface area contributed by atoms with Crippen molar-refractivity contribution in [1.82, 2.24) is 10.1 Å². The number of carbonyl (C=O) groups is 1. The third-order valence-corrected chi connectivity index (χ3v) is 7.16. The summed E-state index contributed by atoms with van der Waals surface area (Å²) in [7, 11) is 0. The van der Waals surface area contributed by atoms with Gasteiger partial charge in [0.1, 0.15) is 18.2 Å². The molecule has 0 N–H and O–H groups in total. The standard InChI is InChI=1S/C23H29FN4O3/c24-18-1-3-19(4-2-18)28-13-11-26(12-14-28)8-5-21-15-23(22(29)31-21)6-9-27(10-7-23)20-16-25-30-17-20/h1-4,16-17,21H,5-15H2/t21-/m0/s1. The number of rotatable bonds is 5. The molecule has 3 aliphatic rings. The van der Waals surface area contributed by atoms with Crippen LogP contribution in [0.3, 0.4) is 0 Å². The average molecular weight is 429 g/mol. The van der Waals surface area contributed by atoms with Gasteiger partial charge in [-0.1, -0.05) is 5.16 Å². The highest BCUT2D eigenvalue weighted by molar-refractivity contribution is 5.79. The SMILES string of the molecule is O=C1O[C@@H](CCN2CCN(c3ccc(F)cc3)CC2)CC12CCN(c1cnoc1)CC2. The fourth-order valence-electron chi connectivity index (χ4n) is 5.16. The van der Waals surface area contributed by atoms with E-state index in [-0.39, 0.29) is 23.3 Å². The third-order valence-electron chi connectivity index (χ3n) is 7.16. The van der Waals surface area contributed by atoms with Gasteiger partial charge in [-0.05, 0) is 43.5 Å². The highest BCUT2D eigenvalue weighted by Gasteiger charge is 2.50. The Labute approximate surface area is 181 Å². The number of carbonyl (C=O) groups excluding carboxylic acids is 1. The summed E-state index contributed by atoms with van der Waals surface area (Å²) in [5.74, 6) is -0.209. The van der Waals surface area contributed by atoms with E-state index in [1.807, 2.05) is 12.1 Å². The van der Waals surface area contributed by atoms with Crippen LogP contribution in [0.25, 0.3) is 0 Å². The molecular weight excluding hydrogens is 399 g/mol. The lowest BCUT2D eigenvalue weighted by Gasteiger charge is -2.37. The molecule has 1 spiro atoms. The van der Waals surface area contributed by atoms with E-state index in [1.54, 1.807) is 12.5 Å². The summed E-state index contributed by atoms with van der Waals surface area (Å²) in [6, 6.07) is 6.72. The van der Waals surface area contributed by atoms with Crippen molar-refractivity contribution < 1.29 is 18.4 Å². The summed E-state index contributed by atoms with van der Waals surface area (Å²) >= 11 is 0. The maximum absolute atomic E-state index is 13.1. The molecule has 0 unspecified atom stereocenters. The van der Waals surface area contributed by atoms with Crippen LogP contribution >= 0.6 is 0 Å². The summed E-state index contributed by atoms with van der Waals surface area (Å²) in [6.07, 6.45) is 6.77. The number of ether oxygens (including phenoxy) is 1. The molecule has 1 aromatic heterocycles. The van der Waals surface area contributed by atoms with Crippen molar-refractivity contribution in [2.45, 2.75) is 31.8 Å². The Morgan fingerprint density at radius 1 is 1.00 bits per heavy atom. The zero-order valence-electron chi connectivity index (χ0n) is 17.7. The number of halogens is 1. The highest BCUT2D eigenvalue weighted by Crippen LogP contribution is 2.44. The van der Waals surface area contributed by atoms with Crippen LogP contribution in [0.1, 0.15) is 25.7 Å². The molecule has 0 amide bonds. The largest absolute Gasteiger partial charge is 0.462 e. The molecule has 0 aliphatic carbocycles. The first-order chi connectivity index (χ1) is 15.1. The van der Waals surface area contributed by atoms with Crippen molar-refractivity contribution in [3.05, 3.63) is 42.5 Å². The molecular formula is C23H29FN4O3. The molecule has 7 nitrogen and oxygen atoms in total. The van der Waals surface area contributed by atoms with E-state index in [4.69, 9.17) is 9.26 Å². The topological polar surface area (TPSA) is 62.1 Å². The Morgan fingerprint density at radius 3 is 2.39 bits per heavy atom. The van der Waals surface area contributed by atoms with Crippen LogP contribution in [0.5, 0.6) is 0 Å². The van der Waals surface area contributed by atoms with Crippen molar-refractivity contribution in [3.63, 3.8) is 0 Å². The van der Waals surface area contributed by atoms with E-state index in [9.17, 15) is 9.18 Å². The lowest BCUT2D eigenvalue weighted by atomic mass is 9.75. The molecule has 1 atom stereocenters. The van der Waals surface area contributed by atoms with Gasteiger partial charge in [-0.15, -0.1) is 0 Å². The molecule has 8 heteroatoms. The number of cyclic esters (lactones) is 1. The van der Waals surface area contributed by atoms with Crippen LogP contribution in [0.2, 0.25) is 0 Å². The molecule has 31 heavy (non-hydrogen) atoms. The maximum Gasteiger partial charge on any atom is 0.312 e. The van der Waals surface area contributed by atoms with Crippen LogP contribution in [0.15, 0.2) is 41.2 Å².